The SMILES string of the molecule is CCCCCCCCCCC1(C(=O)Nc2c(C)c(C)cc3c2CCC(=O)N3C)CCCC1. The largest absolute Gasteiger partial charge is 0.325 e. The second-order valence-electron chi connectivity index (χ2n) is 10.3. The number of hydrogen-bond acceptors (Lipinski definition) is 2. The molecule has 2 amide bonds. The van der Waals surface area contributed by atoms with E-state index in [2.05, 4.69) is 32.2 Å². The van der Waals surface area contributed by atoms with Gasteiger partial charge in [-0.1, -0.05) is 71.1 Å². The topological polar surface area (TPSA) is 49.4 Å². The fourth-order valence-electron chi connectivity index (χ4n) is 5.69. The van der Waals surface area contributed by atoms with Gasteiger partial charge in [0.25, 0.3) is 0 Å². The number of amides is 2. The van der Waals surface area contributed by atoms with Crippen molar-refractivity contribution < 1.29 is 9.59 Å². The van der Waals surface area contributed by atoms with Crippen molar-refractivity contribution in [3.8, 4) is 0 Å². The average molecular weight is 441 g/mol. The summed E-state index contributed by atoms with van der Waals surface area (Å²) in [5.74, 6) is 0.369. The molecule has 0 atom stereocenters. The van der Waals surface area contributed by atoms with Crippen LogP contribution in [-0.2, 0) is 16.0 Å². The smallest absolute Gasteiger partial charge is 0.230 e. The Labute approximate surface area is 195 Å². The van der Waals surface area contributed by atoms with E-state index in [1.165, 1.54) is 44.9 Å². The number of nitrogens with zero attached hydrogens (tertiary/aromatic N) is 1. The molecule has 0 unspecified atom stereocenters. The maximum atomic E-state index is 13.7. The van der Waals surface area contributed by atoms with E-state index in [9.17, 15) is 9.59 Å². The molecule has 0 radical (unpaired) electrons. The molecule has 4 nitrogen and oxygen atoms in total. The van der Waals surface area contributed by atoms with Crippen molar-refractivity contribution >= 4 is 23.2 Å². The zero-order chi connectivity index (χ0) is 23.1. The maximum Gasteiger partial charge on any atom is 0.230 e. The minimum Gasteiger partial charge on any atom is -0.325 e. The highest BCUT2D eigenvalue weighted by atomic mass is 16.2. The number of hydrogen-bond donors (Lipinski definition) is 1. The second-order valence-corrected chi connectivity index (χ2v) is 10.3. The molecule has 1 fully saturated rings. The molecule has 1 aromatic carbocycles. The van der Waals surface area contributed by atoms with Crippen molar-refractivity contribution in [2.45, 2.75) is 117 Å². The summed E-state index contributed by atoms with van der Waals surface area (Å²) in [4.78, 5) is 27.7. The van der Waals surface area contributed by atoms with Gasteiger partial charge >= 0.3 is 0 Å². The summed E-state index contributed by atoms with van der Waals surface area (Å²) in [7, 11) is 1.85. The van der Waals surface area contributed by atoms with Crippen LogP contribution >= 0.6 is 0 Å². The Bertz CT molecular complexity index is 808. The fraction of sp³-hybridized carbons (Fsp3) is 0.714. The minimum absolute atomic E-state index is 0.153. The van der Waals surface area contributed by atoms with Gasteiger partial charge in [0.2, 0.25) is 11.8 Å². The van der Waals surface area contributed by atoms with Gasteiger partial charge in [0.05, 0.1) is 0 Å². The minimum atomic E-state index is -0.207. The Morgan fingerprint density at radius 3 is 2.28 bits per heavy atom. The number of anilines is 2. The van der Waals surface area contributed by atoms with Crippen LogP contribution < -0.4 is 10.2 Å². The van der Waals surface area contributed by atoms with Gasteiger partial charge < -0.3 is 10.2 Å². The van der Waals surface area contributed by atoms with Crippen LogP contribution in [0, 0.1) is 19.3 Å². The van der Waals surface area contributed by atoms with Gasteiger partial charge in [0.15, 0.2) is 0 Å². The van der Waals surface area contributed by atoms with Gasteiger partial charge in [0.1, 0.15) is 0 Å². The maximum absolute atomic E-state index is 13.7. The van der Waals surface area contributed by atoms with Crippen LogP contribution in [0.15, 0.2) is 6.07 Å². The van der Waals surface area contributed by atoms with Crippen LogP contribution in [0.2, 0.25) is 0 Å². The van der Waals surface area contributed by atoms with Crippen molar-refractivity contribution in [2.24, 2.45) is 5.41 Å². The first-order valence-electron chi connectivity index (χ1n) is 13.1. The van der Waals surface area contributed by atoms with Gasteiger partial charge in [-0.3, -0.25) is 9.59 Å². The molecule has 0 bridgehead atoms. The molecule has 3 rings (SSSR count). The first kappa shape index (κ1) is 24.8. The first-order valence-corrected chi connectivity index (χ1v) is 13.1. The Morgan fingerprint density at radius 2 is 1.62 bits per heavy atom. The highest BCUT2D eigenvalue weighted by molar-refractivity contribution is 6.02. The molecule has 178 valence electrons. The Kier molecular flexibility index (Phi) is 8.79. The van der Waals surface area contributed by atoms with E-state index in [-0.39, 0.29) is 17.2 Å². The fourth-order valence-corrected chi connectivity index (χ4v) is 5.69. The predicted molar refractivity (Wildman–Crippen MR) is 134 cm³/mol. The average Bonchev–Trinajstić information content (AvgIpc) is 3.26. The zero-order valence-corrected chi connectivity index (χ0v) is 20.9. The molecule has 1 aromatic rings. The van der Waals surface area contributed by atoms with Gasteiger partial charge in [-0.05, 0) is 56.7 Å². The summed E-state index contributed by atoms with van der Waals surface area (Å²) < 4.78 is 0. The van der Waals surface area contributed by atoms with Crippen molar-refractivity contribution in [3.63, 3.8) is 0 Å². The molecule has 0 spiro atoms. The monoisotopic (exact) mass is 440 g/mol. The third-order valence-corrected chi connectivity index (χ3v) is 8.04. The summed E-state index contributed by atoms with van der Waals surface area (Å²) in [6.07, 6.45) is 17.0. The Hall–Kier alpha value is -1.84. The van der Waals surface area contributed by atoms with Gasteiger partial charge in [-0.2, -0.15) is 0 Å². The normalized spacial score (nSPS) is 17.5. The van der Waals surface area contributed by atoms with Crippen LogP contribution in [0.5, 0.6) is 0 Å². The summed E-state index contributed by atoms with van der Waals surface area (Å²) in [6.45, 7) is 6.43. The van der Waals surface area contributed by atoms with Crippen LogP contribution in [0.4, 0.5) is 11.4 Å². The lowest BCUT2D eigenvalue weighted by Crippen LogP contribution is -2.36. The van der Waals surface area contributed by atoms with E-state index in [1.54, 1.807) is 4.90 Å². The molecule has 1 N–H and O–H groups in total. The molecule has 1 saturated carbocycles. The van der Waals surface area contributed by atoms with E-state index in [4.69, 9.17) is 0 Å². The zero-order valence-electron chi connectivity index (χ0n) is 20.9. The number of aryl methyl sites for hydroxylation is 1. The van der Waals surface area contributed by atoms with E-state index >= 15 is 0 Å². The molecular formula is C28H44N2O2. The number of unbranched alkanes of at least 4 members (excludes halogenated alkanes) is 7. The van der Waals surface area contributed by atoms with Crippen molar-refractivity contribution in [2.75, 3.05) is 17.3 Å². The number of rotatable bonds is 11. The molecular weight excluding hydrogens is 396 g/mol. The summed E-state index contributed by atoms with van der Waals surface area (Å²) in [6, 6.07) is 2.10. The number of fused-ring (bicyclic) bond motifs is 1. The van der Waals surface area contributed by atoms with Crippen LogP contribution in [0.3, 0.4) is 0 Å². The highest BCUT2D eigenvalue weighted by Crippen LogP contribution is 2.45. The highest BCUT2D eigenvalue weighted by Gasteiger charge is 2.41. The van der Waals surface area contributed by atoms with E-state index in [0.717, 1.165) is 66.6 Å². The van der Waals surface area contributed by atoms with Crippen LogP contribution in [-0.4, -0.2) is 18.9 Å². The predicted octanol–water partition coefficient (Wildman–Crippen LogP) is 7.24. The quantitative estimate of drug-likeness (QED) is 0.369. The van der Waals surface area contributed by atoms with Crippen molar-refractivity contribution in [3.05, 3.63) is 22.8 Å². The summed E-state index contributed by atoms with van der Waals surface area (Å²) in [5.41, 5.74) is 5.12. The molecule has 1 aliphatic carbocycles. The third kappa shape index (κ3) is 5.55. The molecule has 0 saturated heterocycles. The molecule has 4 heteroatoms. The van der Waals surface area contributed by atoms with Gasteiger partial charge in [-0.25, -0.2) is 0 Å². The lowest BCUT2D eigenvalue weighted by molar-refractivity contribution is -0.125. The number of nitrogens with one attached hydrogen (secondary N) is 1. The molecule has 1 aliphatic heterocycles. The Balaban J connectivity index is 1.66. The standard InChI is InChI=1S/C28H44N2O2/c1-5-6-7-8-9-10-11-12-17-28(18-13-14-19-28)27(32)29-26-22(3)21(2)20-24-23(26)15-16-25(31)30(24)4/h20H,5-19H2,1-4H3,(H,29,32). The Morgan fingerprint density at radius 1 is 1.00 bits per heavy atom. The molecule has 32 heavy (non-hydrogen) atoms. The lowest BCUT2D eigenvalue weighted by atomic mass is 9.79. The number of benzene rings is 1. The van der Waals surface area contributed by atoms with Crippen LogP contribution in [0.25, 0.3) is 0 Å². The van der Waals surface area contributed by atoms with Crippen molar-refractivity contribution in [1.29, 1.82) is 0 Å². The van der Waals surface area contributed by atoms with E-state index in [1.807, 2.05) is 7.05 Å². The number of carbonyl (C=O) groups is 2. The second kappa shape index (κ2) is 11.3. The first-order chi connectivity index (χ1) is 15.4. The lowest BCUT2D eigenvalue weighted by Gasteiger charge is -2.32. The van der Waals surface area contributed by atoms with E-state index < -0.39 is 0 Å². The summed E-state index contributed by atoms with van der Waals surface area (Å²) >= 11 is 0. The van der Waals surface area contributed by atoms with Gasteiger partial charge in [-0.15, -0.1) is 0 Å². The van der Waals surface area contributed by atoms with E-state index in [0.29, 0.717) is 12.8 Å². The third-order valence-electron chi connectivity index (χ3n) is 8.04. The summed E-state index contributed by atoms with van der Waals surface area (Å²) in [5, 5.41) is 3.40. The molecule has 0 aromatic heterocycles. The van der Waals surface area contributed by atoms with Crippen molar-refractivity contribution in [1.82, 2.24) is 0 Å². The molecule has 2 aliphatic rings. The van der Waals surface area contributed by atoms with Crippen LogP contribution in [0.1, 0.15) is 114 Å². The molecule has 1 heterocycles. The number of carbonyl (C=O) groups excluding carboxylic acids is 2. The van der Waals surface area contributed by atoms with Gasteiger partial charge in [0, 0.05) is 35.8 Å².